The molecule has 2 saturated heterocycles. The zero-order chi connectivity index (χ0) is 21.8. The van der Waals surface area contributed by atoms with Gasteiger partial charge in [-0.2, -0.15) is 10.4 Å². The number of rotatable bonds is 4. The van der Waals surface area contributed by atoms with Crippen LogP contribution in [0.4, 0.5) is 5.82 Å². The minimum Gasteiger partial charge on any atom is -0.382 e. The number of anilines is 1. The number of carbonyl (C=O) groups is 1. The molecule has 3 aromatic rings. The third kappa shape index (κ3) is 3.06. The topological polar surface area (TPSA) is 152 Å². The predicted molar refractivity (Wildman–Crippen MR) is 102 cm³/mol. The van der Waals surface area contributed by atoms with E-state index in [1.165, 1.54) is 29.6 Å². The zero-order valence-electron chi connectivity index (χ0n) is 16.7. The number of hydrogen-bond donors (Lipinski definition) is 1. The van der Waals surface area contributed by atoms with E-state index in [1.807, 2.05) is 6.07 Å². The molecule has 5 heterocycles. The lowest BCUT2D eigenvalue weighted by Crippen LogP contribution is -2.45. The van der Waals surface area contributed by atoms with E-state index in [-0.39, 0.29) is 0 Å². The third-order valence-electron chi connectivity index (χ3n) is 5.26. The van der Waals surface area contributed by atoms with Gasteiger partial charge in [-0.15, -0.1) is 0 Å². The summed E-state index contributed by atoms with van der Waals surface area (Å²) in [6, 6.07) is 5.56. The highest BCUT2D eigenvalue weighted by Crippen LogP contribution is 2.50. The van der Waals surface area contributed by atoms with Gasteiger partial charge in [0.15, 0.2) is 17.7 Å². The lowest BCUT2D eigenvalue weighted by atomic mass is 10.0. The van der Waals surface area contributed by atoms with Crippen molar-refractivity contribution >= 4 is 17.2 Å². The molecule has 2 fully saturated rings. The van der Waals surface area contributed by atoms with Crippen LogP contribution in [-0.2, 0) is 18.9 Å². The molecule has 3 aromatic heterocycles. The summed E-state index contributed by atoms with van der Waals surface area (Å²) in [4.78, 5) is 20.2. The van der Waals surface area contributed by atoms with Crippen LogP contribution in [0.2, 0.25) is 0 Å². The summed E-state index contributed by atoms with van der Waals surface area (Å²) in [6.07, 6.45) is 3.27. The number of imidazole rings is 1. The van der Waals surface area contributed by atoms with E-state index in [0.717, 1.165) is 0 Å². The van der Waals surface area contributed by atoms with Crippen LogP contribution in [0.25, 0.3) is 5.52 Å². The number of nitrogens with two attached hydrogens (primary N) is 1. The number of nitrogens with zero attached hydrogens (tertiary/aromatic N) is 6. The van der Waals surface area contributed by atoms with Gasteiger partial charge in [-0.25, -0.2) is 14.5 Å². The maximum absolute atomic E-state index is 12.4. The molecule has 0 aromatic carbocycles. The summed E-state index contributed by atoms with van der Waals surface area (Å²) in [7, 11) is 0. The maximum Gasteiger partial charge on any atom is 0.290 e. The van der Waals surface area contributed by atoms with Crippen molar-refractivity contribution in [1.82, 2.24) is 24.1 Å². The zero-order valence-corrected chi connectivity index (χ0v) is 16.7. The Morgan fingerprint density at radius 2 is 2.19 bits per heavy atom. The molecular weight excluding hydrogens is 406 g/mol. The van der Waals surface area contributed by atoms with Gasteiger partial charge in [0.05, 0.1) is 5.69 Å². The van der Waals surface area contributed by atoms with Gasteiger partial charge < -0.3 is 24.7 Å². The average molecular weight is 425 g/mol. The van der Waals surface area contributed by atoms with Gasteiger partial charge in [0.25, 0.3) is 11.7 Å². The number of hydrogen-bond acceptors (Lipinski definition) is 10. The first-order valence-corrected chi connectivity index (χ1v) is 9.51. The fourth-order valence-electron chi connectivity index (χ4n) is 3.93. The second kappa shape index (κ2) is 6.82. The maximum atomic E-state index is 12.4. The summed E-state index contributed by atoms with van der Waals surface area (Å²) >= 11 is 0. The standard InChI is InChI=1S/C19H19N7O5/c1-18(2)29-15-14(11-3-4-12-17(21)23-9-24-26(11)12)30-19(8-20,16(15)31-18)28-7-13(27)25-6-5-22-10-25/h3-6,9-10,14-16H,7H2,1-2H3,(H2,21,23,24)/t14-,15-,16-,19-/m0/s1. The second-order valence-corrected chi connectivity index (χ2v) is 7.69. The summed E-state index contributed by atoms with van der Waals surface area (Å²) in [5, 5.41) is 14.3. The van der Waals surface area contributed by atoms with Crippen molar-refractivity contribution in [2.24, 2.45) is 0 Å². The molecular formula is C19H19N7O5. The number of fused-ring (bicyclic) bond motifs is 2. The van der Waals surface area contributed by atoms with Gasteiger partial charge in [-0.1, -0.05) is 0 Å². The molecule has 2 aliphatic rings. The second-order valence-electron chi connectivity index (χ2n) is 7.69. The highest BCUT2D eigenvalue weighted by molar-refractivity contribution is 5.79. The molecule has 2 N–H and O–H groups in total. The van der Waals surface area contributed by atoms with Gasteiger partial charge in [0, 0.05) is 12.4 Å². The molecule has 0 saturated carbocycles. The van der Waals surface area contributed by atoms with Gasteiger partial charge in [0.1, 0.15) is 43.1 Å². The Hall–Kier alpha value is -3.37. The van der Waals surface area contributed by atoms with Crippen molar-refractivity contribution in [2.75, 3.05) is 12.3 Å². The van der Waals surface area contributed by atoms with Crippen LogP contribution in [0.15, 0.2) is 37.2 Å². The summed E-state index contributed by atoms with van der Waals surface area (Å²) in [6.45, 7) is 3.04. The summed E-state index contributed by atoms with van der Waals surface area (Å²) in [5.74, 6) is -2.98. The van der Waals surface area contributed by atoms with Gasteiger partial charge in [-0.05, 0) is 26.0 Å². The molecule has 0 spiro atoms. The molecule has 31 heavy (non-hydrogen) atoms. The molecule has 12 heteroatoms. The van der Waals surface area contributed by atoms with Crippen LogP contribution in [0.5, 0.6) is 0 Å². The molecule has 0 unspecified atom stereocenters. The Balaban J connectivity index is 1.50. The van der Waals surface area contributed by atoms with E-state index in [1.54, 1.807) is 30.5 Å². The fourth-order valence-corrected chi connectivity index (χ4v) is 3.93. The quantitative estimate of drug-likeness (QED) is 0.631. The van der Waals surface area contributed by atoms with Crippen molar-refractivity contribution in [3.63, 3.8) is 0 Å². The van der Waals surface area contributed by atoms with E-state index in [9.17, 15) is 10.1 Å². The number of nitriles is 1. The van der Waals surface area contributed by atoms with Crippen molar-refractivity contribution in [3.05, 3.63) is 42.9 Å². The van der Waals surface area contributed by atoms with Gasteiger partial charge in [0.2, 0.25) is 0 Å². The highest BCUT2D eigenvalue weighted by Gasteiger charge is 2.65. The molecule has 0 bridgehead atoms. The predicted octanol–water partition coefficient (Wildman–Crippen LogP) is 0.676. The average Bonchev–Trinajstić information content (AvgIpc) is 3.50. The van der Waals surface area contributed by atoms with Crippen LogP contribution in [-0.4, -0.2) is 60.4 Å². The number of nitrogen functional groups attached to an aromatic ring is 1. The largest absolute Gasteiger partial charge is 0.382 e. The van der Waals surface area contributed by atoms with Crippen molar-refractivity contribution in [3.8, 4) is 6.07 Å². The molecule has 5 rings (SSSR count). The molecule has 4 atom stereocenters. The van der Waals surface area contributed by atoms with Crippen LogP contribution in [0.3, 0.4) is 0 Å². The first-order valence-electron chi connectivity index (χ1n) is 9.51. The van der Waals surface area contributed by atoms with E-state index in [4.69, 9.17) is 24.7 Å². The molecule has 160 valence electrons. The molecule has 2 aliphatic heterocycles. The Morgan fingerprint density at radius 1 is 1.35 bits per heavy atom. The van der Waals surface area contributed by atoms with Crippen molar-refractivity contribution < 1.29 is 23.7 Å². The Bertz CT molecular complexity index is 1180. The van der Waals surface area contributed by atoms with Crippen LogP contribution in [0, 0.1) is 11.3 Å². The third-order valence-corrected chi connectivity index (χ3v) is 5.26. The van der Waals surface area contributed by atoms with Crippen LogP contribution in [0.1, 0.15) is 30.4 Å². The van der Waals surface area contributed by atoms with Gasteiger partial charge in [-0.3, -0.25) is 9.36 Å². The van der Waals surface area contributed by atoms with E-state index < -0.39 is 42.4 Å². The molecule has 0 amide bonds. The summed E-state index contributed by atoms with van der Waals surface area (Å²) < 4.78 is 26.7. The lowest BCUT2D eigenvalue weighted by molar-refractivity contribution is -0.264. The van der Waals surface area contributed by atoms with Crippen molar-refractivity contribution in [2.45, 2.75) is 43.7 Å². The smallest absolute Gasteiger partial charge is 0.290 e. The molecule has 0 aliphatic carbocycles. The molecule has 0 radical (unpaired) electrons. The fraction of sp³-hybridized carbons (Fsp3) is 0.421. The van der Waals surface area contributed by atoms with Crippen molar-refractivity contribution in [1.29, 1.82) is 5.26 Å². The van der Waals surface area contributed by atoms with Crippen LogP contribution >= 0.6 is 0 Å². The summed E-state index contributed by atoms with van der Waals surface area (Å²) in [5.41, 5.74) is 7.10. The van der Waals surface area contributed by atoms with E-state index in [0.29, 0.717) is 17.0 Å². The van der Waals surface area contributed by atoms with E-state index in [2.05, 4.69) is 15.1 Å². The first-order chi connectivity index (χ1) is 14.8. The Kier molecular flexibility index (Phi) is 4.31. The van der Waals surface area contributed by atoms with Crippen LogP contribution < -0.4 is 5.73 Å². The minimum absolute atomic E-state index is 0.299. The molecule has 12 nitrogen and oxygen atoms in total. The number of carbonyl (C=O) groups excluding carboxylic acids is 1. The Morgan fingerprint density at radius 3 is 2.94 bits per heavy atom. The number of aromatic nitrogens is 5. The SMILES string of the molecule is CC1(C)O[C@H]2[C@H](c3ccc4c(N)ncnn34)O[C@](C#N)(OCC(=O)n3ccnc3)[C@H]2O1. The Labute approximate surface area is 176 Å². The number of ether oxygens (including phenoxy) is 4. The first kappa shape index (κ1) is 19.6. The minimum atomic E-state index is -1.87. The van der Waals surface area contributed by atoms with Gasteiger partial charge >= 0.3 is 0 Å². The monoisotopic (exact) mass is 425 g/mol. The normalized spacial score (nSPS) is 29.1. The van der Waals surface area contributed by atoms with E-state index >= 15 is 0 Å². The highest BCUT2D eigenvalue weighted by atomic mass is 16.8. The lowest BCUT2D eigenvalue weighted by Gasteiger charge is -2.28.